The van der Waals surface area contributed by atoms with Gasteiger partial charge in [-0.1, -0.05) is 99.4 Å². The Hall–Kier alpha value is -2.97. The number of aryl methyl sites for hydroxylation is 1. The summed E-state index contributed by atoms with van der Waals surface area (Å²) in [4.78, 5) is 4.99. The predicted molar refractivity (Wildman–Crippen MR) is 216 cm³/mol. The summed E-state index contributed by atoms with van der Waals surface area (Å²) in [6.45, 7) is 12.5. The second-order valence-electron chi connectivity index (χ2n) is 17.7. The quantitative estimate of drug-likeness (QED) is 0.116. The highest BCUT2D eigenvalue weighted by atomic mass is 28.3. The van der Waals surface area contributed by atoms with E-state index in [1.807, 2.05) is 0 Å². The lowest BCUT2D eigenvalue weighted by atomic mass is 9.69. The molecular formula is C45H63N3O3Si. The highest BCUT2D eigenvalue weighted by Gasteiger charge is 2.41. The van der Waals surface area contributed by atoms with Gasteiger partial charge >= 0.3 is 0 Å². The highest BCUT2D eigenvalue weighted by Crippen LogP contribution is 2.42. The fourth-order valence-electron chi connectivity index (χ4n) is 9.06. The van der Waals surface area contributed by atoms with Crippen LogP contribution in [0.4, 0.5) is 0 Å². The molecule has 0 N–H and O–H groups in total. The Labute approximate surface area is 315 Å². The lowest BCUT2D eigenvalue weighted by Crippen LogP contribution is -2.54. The third-order valence-corrected chi connectivity index (χ3v) is 14.7. The van der Waals surface area contributed by atoms with Crippen LogP contribution >= 0.6 is 0 Å². The SMILES string of the molecule is CN(C)Cc1c(OCC2CC2)ccc2c(CCC3CCN(CC4CCCCC4C(O[SiH](c4ccccc4)c4ccccc4)C(C)(C)C)CC3)noc12. The molecule has 1 saturated heterocycles. The van der Waals surface area contributed by atoms with Crippen molar-refractivity contribution in [2.75, 3.05) is 40.3 Å². The molecule has 3 atom stereocenters. The minimum absolute atomic E-state index is 0.0752. The van der Waals surface area contributed by atoms with E-state index in [1.54, 1.807) is 0 Å². The molecule has 2 aliphatic carbocycles. The number of likely N-dealkylation sites (tertiary alicyclic amines) is 1. The topological polar surface area (TPSA) is 51.0 Å². The highest BCUT2D eigenvalue weighted by molar-refractivity contribution is 6.80. The molecule has 7 heteroatoms. The summed E-state index contributed by atoms with van der Waals surface area (Å²) >= 11 is 0. The fourth-order valence-corrected chi connectivity index (χ4v) is 11.8. The Bertz CT molecular complexity index is 1650. The van der Waals surface area contributed by atoms with E-state index in [0.717, 1.165) is 59.4 Å². The lowest BCUT2D eigenvalue weighted by Gasteiger charge is -2.46. The number of aromatic nitrogens is 1. The maximum Gasteiger partial charge on any atom is 0.240 e. The Kier molecular flexibility index (Phi) is 12.2. The van der Waals surface area contributed by atoms with E-state index in [1.165, 1.54) is 87.8 Å². The van der Waals surface area contributed by atoms with Crippen molar-refractivity contribution in [1.29, 1.82) is 0 Å². The van der Waals surface area contributed by atoms with Gasteiger partial charge in [-0.2, -0.15) is 0 Å². The molecule has 2 saturated carbocycles. The van der Waals surface area contributed by atoms with Gasteiger partial charge in [0.1, 0.15) is 5.75 Å². The average molecular weight is 722 g/mol. The molecule has 0 amide bonds. The van der Waals surface area contributed by atoms with Crippen LogP contribution in [-0.4, -0.2) is 70.4 Å². The largest absolute Gasteiger partial charge is 0.493 e. The van der Waals surface area contributed by atoms with Gasteiger partial charge in [-0.05, 0) is 130 Å². The van der Waals surface area contributed by atoms with Crippen molar-refractivity contribution in [2.24, 2.45) is 29.1 Å². The Morgan fingerprint density at radius 2 is 1.52 bits per heavy atom. The smallest absolute Gasteiger partial charge is 0.240 e. The molecule has 3 unspecified atom stereocenters. The normalized spacial score (nSPS) is 21.3. The van der Waals surface area contributed by atoms with Gasteiger partial charge in [-0.3, -0.25) is 0 Å². The van der Waals surface area contributed by atoms with Gasteiger partial charge in [0.05, 0.1) is 24.0 Å². The van der Waals surface area contributed by atoms with Gasteiger partial charge in [0.2, 0.25) is 9.04 Å². The van der Waals surface area contributed by atoms with E-state index in [2.05, 4.69) is 123 Å². The summed E-state index contributed by atoms with van der Waals surface area (Å²) < 4.78 is 19.8. The molecule has 6 nitrogen and oxygen atoms in total. The molecular weight excluding hydrogens is 659 g/mol. The van der Waals surface area contributed by atoms with Crippen LogP contribution in [0.1, 0.15) is 89.8 Å². The summed E-state index contributed by atoms with van der Waals surface area (Å²) in [6.07, 6.45) is 12.8. The van der Waals surface area contributed by atoms with Gasteiger partial charge < -0.3 is 23.5 Å². The lowest BCUT2D eigenvalue weighted by molar-refractivity contribution is -0.0178. The number of nitrogens with zero attached hydrogens (tertiary/aromatic N) is 3. The van der Waals surface area contributed by atoms with Crippen LogP contribution in [-0.2, 0) is 17.4 Å². The van der Waals surface area contributed by atoms with Gasteiger partial charge in [-0.15, -0.1) is 0 Å². The zero-order chi connectivity index (χ0) is 36.1. The van der Waals surface area contributed by atoms with E-state index in [4.69, 9.17) is 13.7 Å². The maximum atomic E-state index is 7.51. The van der Waals surface area contributed by atoms with Crippen molar-refractivity contribution in [1.82, 2.24) is 15.0 Å². The van der Waals surface area contributed by atoms with E-state index >= 15 is 0 Å². The molecule has 1 aliphatic heterocycles. The molecule has 52 heavy (non-hydrogen) atoms. The first-order valence-electron chi connectivity index (χ1n) is 20.4. The third-order valence-electron chi connectivity index (χ3n) is 12.1. The summed E-state index contributed by atoms with van der Waals surface area (Å²) in [5, 5.41) is 8.55. The molecule has 4 aromatic rings. The summed E-state index contributed by atoms with van der Waals surface area (Å²) in [5.41, 5.74) is 3.23. The fraction of sp³-hybridized carbons (Fsp3) is 0.578. The van der Waals surface area contributed by atoms with Crippen molar-refractivity contribution in [3.8, 4) is 5.75 Å². The minimum atomic E-state index is -1.86. The first kappa shape index (κ1) is 37.3. The number of fused-ring (bicyclic) bond motifs is 1. The Balaban J connectivity index is 0.972. The zero-order valence-corrected chi connectivity index (χ0v) is 33.7. The summed E-state index contributed by atoms with van der Waals surface area (Å²) in [5.74, 6) is 3.69. The number of hydrogen-bond donors (Lipinski definition) is 0. The molecule has 3 aliphatic rings. The molecule has 0 spiro atoms. The Morgan fingerprint density at radius 3 is 2.15 bits per heavy atom. The molecule has 2 heterocycles. The molecule has 7 rings (SSSR count). The van der Waals surface area contributed by atoms with Gasteiger partial charge in [0, 0.05) is 18.5 Å². The van der Waals surface area contributed by atoms with E-state index < -0.39 is 9.04 Å². The van der Waals surface area contributed by atoms with Crippen LogP contribution in [0.25, 0.3) is 11.0 Å². The number of benzene rings is 3. The average Bonchev–Trinajstić information content (AvgIpc) is 3.89. The Morgan fingerprint density at radius 1 is 0.846 bits per heavy atom. The van der Waals surface area contributed by atoms with Gasteiger partial charge in [0.15, 0.2) is 5.58 Å². The van der Waals surface area contributed by atoms with E-state index in [0.29, 0.717) is 11.8 Å². The van der Waals surface area contributed by atoms with Crippen LogP contribution in [0.2, 0.25) is 0 Å². The van der Waals surface area contributed by atoms with Crippen LogP contribution in [0, 0.1) is 29.1 Å². The first-order chi connectivity index (χ1) is 25.2. The maximum absolute atomic E-state index is 7.51. The van der Waals surface area contributed by atoms with Crippen LogP contribution < -0.4 is 15.1 Å². The first-order valence-corrected chi connectivity index (χ1v) is 22.0. The van der Waals surface area contributed by atoms with Gasteiger partial charge in [-0.25, -0.2) is 0 Å². The van der Waals surface area contributed by atoms with Crippen LogP contribution in [0.3, 0.4) is 0 Å². The predicted octanol–water partition coefficient (Wildman–Crippen LogP) is 8.10. The summed E-state index contributed by atoms with van der Waals surface area (Å²) in [6, 6.07) is 26.5. The molecule has 3 fully saturated rings. The number of piperidine rings is 1. The minimum Gasteiger partial charge on any atom is -0.493 e. The number of ether oxygens (including phenoxy) is 1. The molecule has 280 valence electrons. The van der Waals surface area contributed by atoms with Crippen molar-refractivity contribution in [3.05, 3.63) is 84.1 Å². The molecule has 1 aromatic heterocycles. The molecule has 0 radical (unpaired) electrons. The van der Waals surface area contributed by atoms with Crippen molar-refractivity contribution < 1.29 is 13.7 Å². The second kappa shape index (κ2) is 17.0. The zero-order valence-electron chi connectivity index (χ0n) is 32.6. The molecule has 3 aromatic carbocycles. The van der Waals surface area contributed by atoms with Crippen molar-refractivity contribution in [2.45, 2.75) is 97.6 Å². The van der Waals surface area contributed by atoms with E-state index in [9.17, 15) is 0 Å². The summed E-state index contributed by atoms with van der Waals surface area (Å²) in [7, 11) is 2.35. The van der Waals surface area contributed by atoms with Crippen molar-refractivity contribution in [3.63, 3.8) is 0 Å². The van der Waals surface area contributed by atoms with Crippen LogP contribution in [0.15, 0.2) is 77.3 Å². The second-order valence-corrected chi connectivity index (χ2v) is 20.0. The third kappa shape index (κ3) is 9.39. The van der Waals surface area contributed by atoms with E-state index in [-0.39, 0.29) is 11.5 Å². The molecule has 0 bridgehead atoms. The number of rotatable bonds is 15. The standard InChI is InChI=1S/C45H63N3O3Si/c1-45(2,3)44(51-52(36-15-8-6-9-16-36)37-17-10-7-11-18-37)38-19-13-12-14-35(38)30-48-28-26-33(27-29-48)22-24-41-39-23-25-42(49-32-34-20-21-34)40(31-47(4)5)43(39)50-46-41/h6-11,15-18,23,25,33-35,38,44,52H,12-14,19-22,24,26-32H2,1-5H3. The van der Waals surface area contributed by atoms with Crippen LogP contribution in [0.5, 0.6) is 5.75 Å². The van der Waals surface area contributed by atoms with Gasteiger partial charge in [0.25, 0.3) is 0 Å². The monoisotopic (exact) mass is 721 g/mol. The number of hydrogen-bond acceptors (Lipinski definition) is 6. The van der Waals surface area contributed by atoms with Crippen molar-refractivity contribution >= 4 is 30.4 Å².